The van der Waals surface area contributed by atoms with Gasteiger partial charge in [0.15, 0.2) is 0 Å². The van der Waals surface area contributed by atoms with E-state index in [1.54, 1.807) is 9.47 Å². The largest absolute Gasteiger partial charge is 0.345 e. The van der Waals surface area contributed by atoms with Crippen molar-refractivity contribution >= 4 is 28.9 Å². The summed E-state index contributed by atoms with van der Waals surface area (Å²) in [4.78, 5) is 30.1. The summed E-state index contributed by atoms with van der Waals surface area (Å²) in [5.74, 6) is -0.158. The number of aromatic nitrogens is 1. The van der Waals surface area contributed by atoms with Crippen LogP contribution in [0.5, 0.6) is 0 Å². The Bertz CT molecular complexity index is 865. The minimum Gasteiger partial charge on any atom is -0.345 e. The van der Waals surface area contributed by atoms with Crippen LogP contribution in [0.2, 0.25) is 0 Å². The topological polar surface area (TPSA) is 57.6 Å². The fraction of sp³-hybridized carbons (Fsp3) is 0.400. The van der Waals surface area contributed by atoms with Gasteiger partial charge in [-0.2, -0.15) is 0 Å². The number of aryl methyl sites for hydroxylation is 2. The Labute approximate surface area is 153 Å². The van der Waals surface area contributed by atoms with E-state index in [2.05, 4.69) is 10.2 Å². The molecular weight excluding hydrogens is 328 g/mol. The van der Waals surface area contributed by atoms with Crippen molar-refractivity contribution in [2.24, 2.45) is 7.05 Å². The second kappa shape index (κ2) is 6.61. The highest BCUT2D eigenvalue weighted by molar-refractivity contribution is 6.17. The van der Waals surface area contributed by atoms with Gasteiger partial charge in [0.2, 0.25) is 5.91 Å². The molecule has 1 fully saturated rings. The van der Waals surface area contributed by atoms with E-state index in [9.17, 15) is 9.59 Å². The minimum absolute atomic E-state index is 0.0244. The number of para-hydroxylation sites is 2. The maximum absolute atomic E-state index is 13.3. The molecule has 0 atom stereocenters. The van der Waals surface area contributed by atoms with E-state index in [0.29, 0.717) is 23.5 Å². The van der Waals surface area contributed by atoms with E-state index in [1.807, 2.05) is 44.4 Å². The van der Waals surface area contributed by atoms with Gasteiger partial charge in [-0.05, 0) is 50.6 Å². The van der Waals surface area contributed by atoms with E-state index in [1.165, 1.54) is 12.8 Å². The number of hydrogen-bond acceptors (Lipinski definition) is 3. The molecule has 0 aliphatic carbocycles. The maximum Gasteiger partial charge on any atom is 0.274 e. The van der Waals surface area contributed by atoms with Crippen LogP contribution in [-0.2, 0) is 11.8 Å². The first kappa shape index (κ1) is 16.8. The van der Waals surface area contributed by atoms with Gasteiger partial charge < -0.3 is 14.8 Å². The maximum atomic E-state index is 13.3. The molecule has 0 spiro atoms. The summed E-state index contributed by atoms with van der Waals surface area (Å²) in [5.41, 5.74) is 3.54. The monoisotopic (exact) mass is 352 g/mol. The summed E-state index contributed by atoms with van der Waals surface area (Å²) in [5, 5.41) is 2.95. The van der Waals surface area contributed by atoms with Crippen molar-refractivity contribution in [1.29, 1.82) is 0 Å². The zero-order valence-corrected chi connectivity index (χ0v) is 15.3. The number of hydrogen-bond donors (Lipinski definition) is 1. The van der Waals surface area contributed by atoms with Gasteiger partial charge in [0.05, 0.1) is 17.1 Å². The Balaban J connectivity index is 1.75. The second-order valence-corrected chi connectivity index (χ2v) is 7.12. The highest BCUT2D eigenvalue weighted by Crippen LogP contribution is 2.40. The molecule has 1 aromatic heterocycles. The molecule has 0 radical (unpaired) electrons. The van der Waals surface area contributed by atoms with Crippen molar-refractivity contribution in [3.05, 3.63) is 41.7 Å². The van der Waals surface area contributed by atoms with Gasteiger partial charge in [-0.1, -0.05) is 12.1 Å². The van der Waals surface area contributed by atoms with Crippen LogP contribution in [0.1, 0.15) is 35.3 Å². The molecule has 2 aromatic rings. The van der Waals surface area contributed by atoms with Gasteiger partial charge in [-0.25, -0.2) is 0 Å². The van der Waals surface area contributed by atoms with E-state index in [0.717, 1.165) is 30.9 Å². The average molecular weight is 352 g/mol. The average Bonchev–Trinajstić information content (AvgIpc) is 3.19. The van der Waals surface area contributed by atoms with Crippen molar-refractivity contribution in [2.75, 3.05) is 29.9 Å². The third kappa shape index (κ3) is 2.80. The smallest absolute Gasteiger partial charge is 0.274 e. The number of rotatable bonds is 3. The Hall–Kier alpha value is -2.60. The third-order valence-corrected chi connectivity index (χ3v) is 5.26. The Morgan fingerprint density at radius 1 is 1.19 bits per heavy atom. The standard InChI is InChI=1S/C20H24N4O2/c1-14-13-22(2)19-18(14)24(17(25)9-12-23-10-5-6-11-23)16-8-4-3-7-15(16)21-20(19)26/h3-4,7-8,13H,5-6,9-12H2,1-2H3,(H,21,26). The SMILES string of the molecule is Cc1cn(C)c2c1N(C(=O)CCN1CCCC1)c1ccccc1NC2=O. The quantitative estimate of drug-likeness (QED) is 0.924. The molecule has 3 heterocycles. The van der Waals surface area contributed by atoms with Gasteiger partial charge in [0.1, 0.15) is 5.69 Å². The van der Waals surface area contributed by atoms with Crippen LogP contribution in [0.3, 0.4) is 0 Å². The molecule has 6 heteroatoms. The molecule has 4 rings (SSSR count). The van der Waals surface area contributed by atoms with Crippen LogP contribution >= 0.6 is 0 Å². The second-order valence-electron chi connectivity index (χ2n) is 7.12. The Morgan fingerprint density at radius 2 is 1.92 bits per heavy atom. The number of fused-ring (bicyclic) bond motifs is 2. The zero-order chi connectivity index (χ0) is 18.3. The van der Waals surface area contributed by atoms with Gasteiger partial charge in [0.25, 0.3) is 5.91 Å². The van der Waals surface area contributed by atoms with Crippen molar-refractivity contribution < 1.29 is 9.59 Å². The number of nitrogens with one attached hydrogen (secondary N) is 1. The number of anilines is 3. The number of carbonyl (C=O) groups is 2. The fourth-order valence-electron chi connectivity index (χ4n) is 4.03. The van der Waals surface area contributed by atoms with Gasteiger partial charge in [-0.3, -0.25) is 14.5 Å². The first-order valence-corrected chi connectivity index (χ1v) is 9.18. The van der Waals surface area contributed by atoms with Crippen LogP contribution in [0.15, 0.2) is 30.5 Å². The summed E-state index contributed by atoms with van der Waals surface area (Å²) in [7, 11) is 1.84. The Kier molecular flexibility index (Phi) is 4.28. The highest BCUT2D eigenvalue weighted by Gasteiger charge is 2.33. The molecule has 136 valence electrons. The number of benzene rings is 1. The molecule has 0 saturated carbocycles. The van der Waals surface area contributed by atoms with Crippen molar-refractivity contribution in [3.63, 3.8) is 0 Å². The molecule has 1 N–H and O–H groups in total. The summed E-state index contributed by atoms with van der Waals surface area (Å²) in [6.45, 7) is 4.85. The lowest BCUT2D eigenvalue weighted by Crippen LogP contribution is -2.31. The summed E-state index contributed by atoms with van der Waals surface area (Å²) in [6.07, 6.45) is 4.76. The van der Waals surface area contributed by atoms with Crippen LogP contribution < -0.4 is 10.2 Å². The summed E-state index contributed by atoms with van der Waals surface area (Å²) >= 11 is 0. The van der Waals surface area contributed by atoms with Crippen LogP contribution in [0.4, 0.5) is 17.1 Å². The van der Waals surface area contributed by atoms with Crippen molar-refractivity contribution in [3.8, 4) is 0 Å². The number of nitrogens with zero attached hydrogens (tertiary/aromatic N) is 3. The van der Waals surface area contributed by atoms with E-state index < -0.39 is 0 Å². The predicted molar refractivity (Wildman–Crippen MR) is 102 cm³/mol. The minimum atomic E-state index is -0.183. The first-order chi connectivity index (χ1) is 12.6. The molecule has 0 unspecified atom stereocenters. The van der Waals surface area contributed by atoms with Gasteiger partial charge >= 0.3 is 0 Å². The van der Waals surface area contributed by atoms with Crippen LogP contribution in [-0.4, -0.2) is 40.9 Å². The zero-order valence-electron chi connectivity index (χ0n) is 15.3. The third-order valence-electron chi connectivity index (χ3n) is 5.26. The van der Waals surface area contributed by atoms with Crippen LogP contribution in [0, 0.1) is 6.92 Å². The van der Waals surface area contributed by atoms with E-state index >= 15 is 0 Å². The molecule has 2 aliphatic heterocycles. The van der Waals surface area contributed by atoms with Crippen molar-refractivity contribution in [1.82, 2.24) is 9.47 Å². The van der Waals surface area contributed by atoms with Crippen LogP contribution in [0.25, 0.3) is 0 Å². The lowest BCUT2D eigenvalue weighted by atomic mass is 10.1. The summed E-state index contributed by atoms with van der Waals surface area (Å²) in [6, 6.07) is 7.50. The Morgan fingerprint density at radius 3 is 2.69 bits per heavy atom. The molecule has 0 bridgehead atoms. The molecule has 1 saturated heterocycles. The number of amides is 2. The predicted octanol–water partition coefficient (Wildman–Crippen LogP) is 3.05. The van der Waals surface area contributed by atoms with Crippen molar-refractivity contribution in [2.45, 2.75) is 26.2 Å². The molecule has 2 amide bonds. The van der Waals surface area contributed by atoms with E-state index in [-0.39, 0.29) is 11.8 Å². The molecule has 1 aromatic carbocycles. The molecule has 26 heavy (non-hydrogen) atoms. The number of carbonyl (C=O) groups excluding carboxylic acids is 2. The summed E-state index contributed by atoms with van der Waals surface area (Å²) < 4.78 is 1.80. The molecular formula is C20H24N4O2. The van der Waals surface area contributed by atoms with Gasteiger partial charge in [-0.15, -0.1) is 0 Å². The normalized spacial score (nSPS) is 16.8. The molecule has 6 nitrogen and oxygen atoms in total. The highest BCUT2D eigenvalue weighted by atomic mass is 16.2. The van der Waals surface area contributed by atoms with E-state index in [4.69, 9.17) is 0 Å². The lowest BCUT2D eigenvalue weighted by molar-refractivity contribution is -0.118. The molecule has 2 aliphatic rings. The number of likely N-dealkylation sites (tertiary alicyclic amines) is 1. The lowest BCUT2D eigenvalue weighted by Gasteiger charge is -2.25. The van der Waals surface area contributed by atoms with Gasteiger partial charge in [0, 0.05) is 26.2 Å². The fourth-order valence-corrected chi connectivity index (χ4v) is 4.03. The first-order valence-electron chi connectivity index (χ1n) is 9.18.